The zero-order valence-electron chi connectivity index (χ0n) is 21.0. The highest BCUT2D eigenvalue weighted by molar-refractivity contribution is 7.92. The smallest absolute Gasteiger partial charge is 0.264 e. The molecule has 0 aromatic heterocycles. The normalized spacial score (nSPS) is 11.3. The van der Waals surface area contributed by atoms with Crippen LogP contribution in [0.4, 0.5) is 5.69 Å². The van der Waals surface area contributed by atoms with Gasteiger partial charge < -0.3 is 4.74 Å². The molecule has 0 saturated carbocycles. The Hall–Kier alpha value is -4.43. The highest BCUT2D eigenvalue weighted by Gasteiger charge is 2.27. The van der Waals surface area contributed by atoms with Crippen molar-refractivity contribution in [2.75, 3.05) is 10.8 Å². The third-order valence-corrected chi connectivity index (χ3v) is 7.57. The largest absolute Gasteiger partial charge is 0.489 e. The number of amides is 1. The van der Waals surface area contributed by atoms with Gasteiger partial charge in [0.25, 0.3) is 15.9 Å². The molecule has 4 aromatic rings. The third kappa shape index (κ3) is 7.08. The molecule has 194 valence electrons. The van der Waals surface area contributed by atoms with Crippen LogP contribution in [-0.4, -0.2) is 27.1 Å². The lowest BCUT2D eigenvalue weighted by molar-refractivity contribution is -0.119. The zero-order chi connectivity index (χ0) is 26.8. The molecule has 1 amide bonds. The van der Waals surface area contributed by atoms with Crippen molar-refractivity contribution in [3.8, 4) is 5.75 Å². The minimum Gasteiger partial charge on any atom is -0.489 e. The second kappa shape index (κ2) is 12.7. The number of nitrogens with zero attached hydrogens (tertiary/aromatic N) is 2. The summed E-state index contributed by atoms with van der Waals surface area (Å²) in [5.74, 6) is 0.147. The first-order chi connectivity index (χ1) is 18.5. The Morgan fingerprint density at radius 2 is 1.47 bits per heavy atom. The summed E-state index contributed by atoms with van der Waals surface area (Å²) in [7, 11) is -3.97. The van der Waals surface area contributed by atoms with E-state index in [2.05, 4.69) is 10.5 Å². The van der Waals surface area contributed by atoms with Crippen LogP contribution < -0.4 is 14.5 Å². The van der Waals surface area contributed by atoms with Crippen molar-refractivity contribution in [3.05, 3.63) is 126 Å². The number of carbonyl (C=O) groups is 1. The number of benzene rings is 4. The Morgan fingerprint density at radius 3 is 2.11 bits per heavy atom. The quantitative estimate of drug-likeness (QED) is 0.215. The van der Waals surface area contributed by atoms with E-state index in [0.717, 1.165) is 27.4 Å². The molecule has 4 rings (SSSR count). The number of nitrogens with one attached hydrogen (secondary N) is 1. The lowest BCUT2D eigenvalue weighted by atomic mass is 10.1. The van der Waals surface area contributed by atoms with E-state index in [1.54, 1.807) is 30.3 Å². The van der Waals surface area contributed by atoms with Gasteiger partial charge in [0.15, 0.2) is 0 Å². The van der Waals surface area contributed by atoms with Crippen LogP contribution in [0.15, 0.2) is 119 Å². The number of hydrazone groups is 1. The minimum absolute atomic E-state index is 0.102. The van der Waals surface area contributed by atoms with Gasteiger partial charge >= 0.3 is 0 Å². The SMILES string of the molecule is CCc1ccc(N(CC(=O)N/N=C\c2ccc(OCc3ccccc3)cc2)S(=O)(=O)c2ccccc2)cc1. The molecule has 0 aliphatic heterocycles. The molecule has 0 aliphatic carbocycles. The Morgan fingerprint density at radius 1 is 0.842 bits per heavy atom. The summed E-state index contributed by atoms with van der Waals surface area (Å²) < 4.78 is 33.6. The maximum Gasteiger partial charge on any atom is 0.264 e. The van der Waals surface area contributed by atoms with Crippen LogP contribution in [0.1, 0.15) is 23.6 Å². The molecule has 0 spiro atoms. The molecule has 0 heterocycles. The number of rotatable bonds is 11. The number of anilines is 1. The third-order valence-electron chi connectivity index (χ3n) is 5.78. The molecular formula is C30H29N3O4S. The summed E-state index contributed by atoms with van der Waals surface area (Å²) in [5.41, 5.74) is 5.72. The molecule has 0 aliphatic rings. The van der Waals surface area contributed by atoms with E-state index in [1.165, 1.54) is 18.3 Å². The average molecular weight is 528 g/mol. The van der Waals surface area contributed by atoms with Crippen molar-refractivity contribution >= 4 is 27.8 Å². The second-order valence-corrected chi connectivity index (χ2v) is 10.3. The van der Waals surface area contributed by atoms with Crippen LogP contribution in [-0.2, 0) is 27.8 Å². The van der Waals surface area contributed by atoms with E-state index in [0.29, 0.717) is 18.0 Å². The van der Waals surface area contributed by atoms with Gasteiger partial charge in [-0.25, -0.2) is 13.8 Å². The van der Waals surface area contributed by atoms with Crippen LogP contribution in [0.5, 0.6) is 5.75 Å². The van der Waals surface area contributed by atoms with Crippen molar-refractivity contribution < 1.29 is 17.9 Å². The number of sulfonamides is 1. The molecule has 7 nitrogen and oxygen atoms in total. The molecule has 1 N–H and O–H groups in total. The van der Waals surface area contributed by atoms with Crippen LogP contribution in [0.25, 0.3) is 0 Å². The monoisotopic (exact) mass is 527 g/mol. The van der Waals surface area contributed by atoms with E-state index >= 15 is 0 Å². The van der Waals surface area contributed by atoms with Gasteiger partial charge in [0.05, 0.1) is 16.8 Å². The van der Waals surface area contributed by atoms with Gasteiger partial charge in [-0.2, -0.15) is 5.10 Å². The van der Waals surface area contributed by atoms with Crippen molar-refractivity contribution in [2.24, 2.45) is 5.10 Å². The summed E-state index contributed by atoms with van der Waals surface area (Å²) in [6, 6.07) is 32.3. The van der Waals surface area contributed by atoms with Crippen LogP contribution in [0, 0.1) is 0 Å². The molecular weight excluding hydrogens is 498 g/mol. The first-order valence-electron chi connectivity index (χ1n) is 12.2. The Balaban J connectivity index is 1.40. The number of ether oxygens (including phenoxy) is 1. The van der Waals surface area contributed by atoms with E-state index in [1.807, 2.05) is 73.7 Å². The van der Waals surface area contributed by atoms with Gasteiger partial charge in [-0.3, -0.25) is 9.10 Å². The molecule has 0 unspecified atom stereocenters. The summed E-state index contributed by atoms with van der Waals surface area (Å²) in [4.78, 5) is 12.8. The fraction of sp³-hybridized carbons (Fsp3) is 0.133. The fourth-order valence-corrected chi connectivity index (χ4v) is 5.11. The van der Waals surface area contributed by atoms with Crippen molar-refractivity contribution in [2.45, 2.75) is 24.8 Å². The Kier molecular flexibility index (Phi) is 8.89. The number of carbonyl (C=O) groups excluding carboxylic acids is 1. The first-order valence-corrected chi connectivity index (χ1v) is 13.6. The summed E-state index contributed by atoms with van der Waals surface area (Å²) in [5, 5.41) is 4.01. The van der Waals surface area contributed by atoms with Crippen LogP contribution in [0.2, 0.25) is 0 Å². The van der Waals surface area contributed by atoms with Gasteiger partial charge in [-0.05, 0) is 71.6 Å². The van der Waals surface area contributed by atoms with Crippen molar-refractivity contribution in [1.29, 1.82) is 0 Å². The predicted molar refractivity (Wildman–Crippen MR) is 150 cm³/mol. The Bertz CT molecular complexity index is 1460. The fourth-order valence-electron chi connectivity index (χ4n) is 3.67. The van der Waals surface area contributed by atoms with E-state index in [4.69, 9.17) is 4.74 Å². The summed E-state index contributed by atoms with van der Waals surface area (Å²) in [6.07, 6.45) is 2.31. The van der Waals surface area contributed by atoms with Crippen molar-refractivity contribution in [3.63, 3.8) is 0 Å². The lowest BCUT2D eigenvalue weighted by Gasteiger charge is -2.24. The Labute approximate surface area is 223 Å². The van der Waals surface area contributed by atoms with E-state index in [9.17, 15) is 13.2 Å². The van der Waals surface area contributed by atoms with E-state index in [-0.39, 0.29) is 4.90 Å². The highest BCUT2D eigenvalue weighted by atomic mass is 32.2. The molecule has 8 heteroatoms. The standard InChI is InChI=1S/C30H29N3O4S/c1-2-24-13-17-27(18-14-24)33(38(35,36)29-11-7-4-8-12-29)22-30(34)32-31-21-25-15-19-28(20-16-25)37-23-26-9-5-3-6-10-26/h3-21H,2,22-23H2,1H3,(H,32,34)/b31-21-. The van der Waals surface area contributed by atoms with E-state index < -0.39 is 22.5 Å². The topological polar surface area (TPSA) is 88.1 Å². The van der Waals surface area contributed by atoms with Crippen LogP contribution in [0.3, 0.4) is 0 Å². The minimum atomic E-state index is -3.97. The average Bonchev–Trinajstić information content (AvgIpc) is 2.96. The summed E-state index contributed by atoms with van der Waals surface area (Å²) >= 11 is 0. The molecule has 0 radical (unpaired) electrons. The molecule has 0 fully saturated rings. The molecule has 38 heavy (non-hydrogen) atoms. The first kappa shape index (κ1) is 26.6. The van der Waals surface area contributed by atoms with Crippen LogP contribution >= 0.6 is 0 Å². The molecule has 4 aromatic carbocycles. The van der Waals surface area contributed by atoms with Gasteiger partial charge in [-0.1, -0.05) is 67.6 Å². The predicted octanol–water partition coefficient (Wildman–Crippen LogP) is 5.17. The molecule has 0 bridgehead atoms. The van der Waals surface area contributed by atoms with Gasteiger partial charge in [0.2, 0.25) is 0 Å². The highest BCUT2D eigenvalue weighted by Crippen LogP contribution is 2.24. The lowest BCUT2D eigenvalue weighted by Crippen LogP contribution is -2.39. The number of hydrogen-bond acceptors (Lipinski definition) is 5. The maximum atomic E-state index is 13.4. The van der Waals surface area contributed by atoms with Gasteiger partial charge in [0.1, 0.15) is 18.9 Å². The van der Waals surface area contributed by atoms with Gasteiger partial charge in [0, 0.05) is 0 Å². The second-order valence-electron chi connectivity index (χ2n) is 8.48. The number of hydrogen-bond donors (Lipinski definition) is 1. The van der Waals surface area contributed by atoms with Crippen molar-refractivity contribution in [1.82, 2.24) is 5.43 Å². The summed E-state index contributed by atoms with van der Waals surface area (Å²) in [6.45, 7) is 2.06. The molecule has 0 saturated heterocycles. The maximum absolute atomic E-state index is 13.4. The zero-order valence-corrected chi connectivity index (χ0v) is 21.8. The molecule has 0 atom stereocenters. The van der Waals surface area contributed by atoms with Gasteiger partial charge in [-0.15, -0.1) is 0 Å². The number of aryl methyl sites for hydroxylation is 1.